The molecule has 3 heteroatoms. The van der Waals surface area contributed by atoms with Crippen LogP contribution < -0.4 is 0 Å². The highest BCUT2D eigenvalue weighted by Gasteiger charge is 2.23. The fourth-order valence-electron chi connectivity index (χ4n) is 1.50. The molecule has 1 aliphatic carbocycles. The van der Waals surface area contributed by atoms with E-state index in [1.807, 2.05) is 0 Å². The number of hydrogen-bond acceptors (Lipinski definition) is 2. The number of hydrogen-bond donors (Lipinski definition) is 0. The third-order valence-corrected chi connectivity index (χ3v) is 2.83. The van der Waals surface area contributed by atoms with Crippen LogP contribution in [0, 0.1) is 17.2 Å². The van der Waals surface area contributed by atoms with Crippen molar-refractivity contribution >= 4 is 21.6 Å². The first-order valence-corrected chi connectivity index (χ1v) is 4.83. The lowest BCUT2D eigenvalue weighted by molar-refractivity contribution is 0.948. The fraction of sp³-hybridized carbons (Fsp3) is 0.200. The zero-order valence-corrected chi connectivity index (χ0v) is 8.45. The third kappa shape index (κ3) is 1.38. The van der Waals surface area contributed by atoms with Gasteiger partial charge in [0, 0.05) is 16.6 Å². The molecule has 0 fully saturated rings. The van der Waals surface area contributed by atoms with Crippen molar-refractivity contribution in [2.24, 2.45) is 10.9 Å². The minimum Gasteiger partial charge on any atom is -0.244 e. The molecule has 0 saturated heterocycles. The number of halogens is 1. The first kappa shape index (κ1) is 8.46. The Bertz CT molecular complexity index is 394. The first-order chi connectivity index (χ1) is 6.33. The van der Waals surface area contributed by atoms with Crippen molar-refractivity contribution in [1.82, 2.24) is 0 Å². The van der Waals surface area contributed by atoms with E-state index in [-0.39, 0.29) is 5.92 Å². The summed E-state index contributed by atoms with van der Waals surface area (Å²) in [4.78, 5) is 4.06. The number of nitrogens with zero attached hydrogens (tertiary/aromatic N) is 2. The Morgan fingerprint density at radius 2 is 2.46 bits per heavy atom. The van der Waals surface area contributed by atoms with Gasteiger partial charge in [-0.2, -0.15) is 5.26 Å². The Kier molecular flexibility index (Phi) is 2.15. The van der Waals surface area contributed by atoms with Crippen LogP contribution in [0.3, 0.4) is 0 Å². The molecule has 0 bridgehead atoms. The number of allylic oxidation sites excluding steroid dienone is 5. The number of fused-ring (bicyclic) bond motifs is 1. The van der Waals surface area contributed by atoms with E-state index in [1.165, 1.54) is 0 Å². The first-order valence-electron chi connectivity index (χ1n) is 4.03. The molecule has 0 radical (unpaired) electrons. The average molecular weight is 235 g/mol. The highest BCUT2D eigenvalue weighted by atomic mass is 79.9. The van der Waals surface area contributed by atoms with Gasteiger partial charge in [0.25, 0.3) is 0 Å². The Labute approximate surface area is 85.1 Å². The molecule has 0 N–H and O–H groups in total. The molecule has 0 saturated carbocycles. The number of rotatable bonds is 0. The zero-order chi connectivity index (χ0) is 9.26. The molecule has 0 aromatic carbocycles. The molecule has 13 heavy (non-hydrogen) atoms. The number of aliphatic imine (C=N–C) groups is 1. The molecule has 2 rings (SSSR count). The predicted molar refractivity (Wildman–Crippen MR) is 55.4 cm³/mol. The van der Waals surface area contributed by atoms with Crippen molar-refractivity contribution in [3.05, 3.63) is 34.5 Å². The standard InChI is InChI=1S/C10H7BrN2/c11-9-6-13-10(5-12)8-4-2-1-3-7(8)9/h1,3-4,6-7H,2H2. The van der Waals surface area contributed by atoms with Gasteiger partial charge in [0.05, 0.1) is 0 Å². The molecular formula is C10H7BrN2. The van der Waals surface area contributed by atoms with E-state index in [0.717, 1.165) is 16.5 Å². The summed E-state index contributed by atoms with van der Waals surface area (Å²) in [5.74, 6) is 0.209. The third-order valence-electron chi connectivity index (χ3n) is 2.13. The van der Waals surface area contributed by atoms with E-state index in [0.29, 0.717) is 5.71 Å². The normalized spacial score (nSPS) is 25.2. The van der Waals surface area contributed by atoms with Crippen LogP contribution in [0.5, 0.6) is 0 Å². The van der Waals surface area contributed by atoms with Crippen LogP contribution in [0.15, 0.2) is 39.5 Å². The second-order valence-corrected chi connectivity index (χ2v) is 3.82. The van der Waals surface area contributed by atoms with Gasteiger partial charge in [0.2, 0.25) is 0 Å². The van der Waals surface area contributed by atoms with Crippen molar-refractivity contribution in [1.29, 1.82) is 5.26 Å². The summed E-state index contributed by atoms with van der Waals surface area (Å²) in [5.41, 5.74) is 1.57. The van der Waals surface area contributed by atoms with Gasteiger partial charge in [-0.3, -0.25) is 0 Å². The van der Waals surface area contributed by atoms with E-state index in [1.54, 1.807) is 6.20 Å². The molecule has 0 aromatic heterocycles. The molecule has 1 unspecified atom stereocenters. The van der Waals surface area contributed by atoms with Gasteiger partial charge >= 0.3 is 0 Å². The summed E-state index contributed by atoms with van der Waals surface area (Å²) in [6, 6.07) is 2.11. The SMILES string of the molecule is N#CC1=NC=C(Br)C2C=CCC=C12. The van der Waals surface area contributed by atoms with Crippen LogP contribution in [-0.4, -0.2) is 5.71 Å². The van der Waals surface area contributed by atoms with Crippen LogP contribution in [0.25, 0.3) is 0 Å². The minimum atomic E-state index is 0.209. The quantitative estimate of drug-likeness (QED) is 0.594. The Morgan fingerprint density at radius 3 is 3.23 bits per heavy atom. The minimum absolute atomic E-state index is 0.209. The van der Waals surface area contributed by atoms with Crippen LogP contribution in [-0.2, 0) is 0 Å². The van der Waals surface area contributed by atoms with Crippen LogP contribution >= 0.6 is 15.9 Å². The highest BCUT2D eigenvalue weighted by molar-refractivity contribution is 9.11. The maximum atomic E-state index is 8.83. The summed E-state index contributed by atoms with van der Waals surface area (Å²) in [5, 5.41) is 8.83. The van der Waals surface area contributed by atoms with E-state index in [2.05, 4.69) is 45.2 Å². The van der Waals surface area contributed by atoms with Gasteiger partial charge in [-0.15, -0.1) is 0 Å². The Morgan fingerprint density at radius 1 is 1.62 bits per heavy atom. The van der Waals surface area contributed by atoms with Crippen molar-refractivity contribution < 1.29 is 0 Å². The molecule has 1 atom stereocenters. The topological polar surface area (TPSA) is 36.1 Å². The van der Waals surface area contributed by atoms with Crippen LogP contribution in [0.2, 0.25) is 0 Å². The van der Waals surface area contributed by atoms with Crippen molar-refractivity contribution in [3.63, 3.8) is 0 Å². The molecule has 0 amide bonds. The van der Waals surface area contributed by atoms with Crippen LogP contribution in [0.4, 0.5) is 0 Å². The predicted octanol–water partition coefficient (Wildman–Crippen LogP) is 2.70. The second-order valence-electron chi connectivity index (χ2n) is 2.90. The lowest BCUT2D eigenvalue weighted by Crippen LogP contribution is -2.15. The molecule has 64 valence electrons. The van der Waals surface area contributed by atoms with Crippen molar-refractivity contribution in [2.75, 3.05) is 0 Å². The summed E-state index contributed by atoms with van der Waals surface area (Å²) in [6.07, 6.45) is 8.86. The lowest BCUT2D eigenvalue weighted by atomic mass is 9.89. The Balaban J connectivity index is 2.47. The summed E-state index contributed by atoms with van der Waals surface area (Å²) in [6.45, 7) is 0. The molecule has 2 nitrogen and oxygen atoms in total. The zero-order valence-electron chi connectivity index (χ0n) is 6.87. The van der Waals surface area contributed by atoms with E-state index in [4.69, 9.17) is 5.26 Å². The van der Waals surface area contributed by atoms with E-state index >= 15 is 0 Å². The highest BCUT2D eigenvalue weighted by Crippen LogP contribution is 2.33. The molecule has 1 heterocycles. The summed E-state index contributed by atoms with van der Waals surface area (Å²) in [7, 11) is 0. The second kappa shape index (κ2) is 3.31. The average Bonchev–Trinajstić information content (AvgIpc) is 2.19. The summed E-state index contributed by atoms with van der Waals surface area (Å²) < 4.78 is 1.02. The molecule has 1 aliphatic heterocycles. The lowest BCUT2D eigenvalue weighted by Gasteiger charge is -2.21. The van der Waals surface area contributed by atoms with Gasteiger partial charge in [-0.1, -0.05) is 34.2 Å². The monoisotopic (exact) mass is 234 g/mol. The van der Waals surface area contributed by atoms with E-state index in [9.17, 15) is 0 Å². The van der Waals surface area contributed by atoms with Gasteiger partial charge in [0.15, 0.2) is 0 Å². The van der Waals surface area contributed by atoms with Gasteiger partial charge < -0.3 is 0 Å². The largest absolute Gasteiger partial charge is 0.244 e. The Hall–Kier alpha value is -1.14. The van der Waals surface area contributed by atoms with Crippen molar-refractivity contribution in [3.8, 4) is 6.07 Å². The molecule has 0 spiro atoms. The maximum absolute atomic E-state index is 8.83. The smallest absolute Gasteiger partial charge is 0.144 e. The fourth-order valence-corrected chi connectivity index (χ4v) is 2.00. The van der Waals surface area contributed by atoms with Gasteiger partial charge in [-0.25, -0.2) is 4.99 Å². The molecular weight excluding hydrogens is 228 g/mol. The van der Waals surface area contributed by atoms with Gasteiger partial charge in [0.1, 0.15) is 11.8 Å². The summed E-state index contributed by atoms with van der Waals surface area (Å²) >= 11 is 3.44. The van der Waals surface area contributed by atoms with Crippen molar-refractivity contribution in [2.45, 2.75) is 6.42 Å². The number of nitriles is 1. The maximum Gasteiger partial charge on any atom is 0.144 e. The van der Waals surface area contributed by atoms with Gasteiger partial charge in [-0.05, 0) is 12.0 Å². The van der Waals surface area contributed by atoms with E-state index < -0.39 is 0 Å². The molecule has 2 aliphatic rings. The molecule has 0 aromatic rings. The van der Waals surface area contributed by atoms with Crippen LogP contribution in [0.1, 0.15) is 6.42 Å².